The normalized spacial score (nSPS) is 16.0. The van der Waals surface area contributed by atoms with Gasteiger partial charge >= 0.3 is 5.51 Å². The highest BCUT2D eigenvalue weighted by Crippen LogP contribution is 2.40. The Morgan fingerprint density at radius 3 is 2.05 bits per heavy atom. The molecule has 0 aliphatic carbocycles. The molecule has 1 aromatic carbocycles. The van der Waals surface area contributed by atoms with Crippen molar-refractivity contribution >= 4 is 25.8 Å². The van der Waals surface area contributed by atoms with Crippen molar-refractivity contribution in [2.45, 2.75) is 41.9 Å². The van der Waals surface area contributed by atoms with Crippen molar-refractivity contribution in [1.82, 2.24) is 0 Å². The summed E-state index contributed by atoms with van der Waals surface area (Å²) in [6, 6.07) is 2.51. The van der Waals surface area contributed by atoms with E-state index in [9.17, 15) is 26.0 Å². The minimum Gasteiger partial charge on any atom is -0.214 e. The van der Waals surface area contributed by atoms with E-state index in [0.717, 1.165) is 12.1 Å². The molecule has 0 N–H and O–H groups in total. The van der Waals surface area contributed by atoms with Crippen LogP contribution in [0.3, 0.4) is 0 Å². The Bertz CT molecular complexity index is 601. The van der Waals surface area contributed by atoms with E-state index in [4.69, 9.17) is 0 Å². The number of hydrogen-bond acceptors (Lipinski definition) is 2. The third kappa shape index (κ3) is 3.77. The van der Waals surface area contributed by atoms with Crippen LogP contribution in [0.15, 0.2) is 23.1 Å². The zero-order valence-corrected chi connectivity index (χ0v) is 14.0. The largest absolute Gasteiger partial charge is 0.501 e. The zero-order valence-electron chi connectivity index (χ0n) is 11.6. The van der Waals surface area contributed by atoms with Crippen LogP contribution in [0.25, 0.3) is 0 Å². The summed E-state index contributed by atoms with van der Waals surface area (Å²) in [4.78, 5) is -1.29. The maximum absolute atomic E-state index is 13.3. The number of benzene rings is 1. The van der Waals surface area contributed by atoms with Crippen LogP contribution in [0.4, 0.5) is 17.6 Å². The number of sulfone groups is 1. The van der Waals surface area contributed by atoms with Crippen molar-refractivity contribution in [1.29, 1.82) is 0 Å². The van der Waals surface area contributed by atoms with Crippen molar-refractivity contribution in [3.8, 4) is 0 Å². The van der Waals surface area contributed by atoms with Gasteiger partial charge in [-0.3, -0.25) is 0 Å². The first kappa shape index (κ1) is 18.4. The average molecular weight is 391 g/mol. The molecule has 120 valence electrons. The van der Waals surface area contributed by atoms with Gasteiger partial charge in [0, 0.05) is 4.83 Å². The van der Waals surface area contributed by atoms with E-state index in [1.165, 1.54) is 0 Å². The summed E-state index contributed by atoms with van der Waals surface area (Å²) < 4.78 is 74.9. The molecule has 0 saturated carbocycles. The van der Waals surface area contributed by atoms with Crippen molar-refractivity contribution in [2.75, 3.05) is 0 Å². The van der Waals surface area contributed by atoms with Crippen LogP contribution in [0.1, 0.15) is 32.3 Å². The Balaban J connectivity index is 3.64. The average Bonchev–Trinajstić information content (AvgIpc) is 2.28. The van der Waals surface area contributed by atoms with E-state index in [1.807, 2.05) is 0 Å². The minimum atomic E-state index is -5.60. The van der Waals surface area contributed by atoms with Crippen molar-refractivity contribution in [3.05, 3.63) is 29.6 Å². The Kier molecular flexibility index (Phi) is 5.47. The molecule has 0 aliphatic heterocycles. The van der Waals surface area contributed by atoms with Crippen molar-refractivity contribution in [2.24, 2.45) is 5.92 Å². The summed E-state index contributed by atoms with van der Waals surface area (Å²) in [5.74, 6) is -1.66. The molecule has 0 radical (unpaired) electrons. The first-order valence-electron chi connectivity index (χ1n) is 6.14. The molecular formula is C13H15BrF4O2S. The lowest BCUT2D eigenvalue weighted by Crippen LogP contribution is -2.27. The second-order valence-electron chi connectivity index (χ2n) is 5.08. The van der Waals surface area contributed by atoms with E-state index < -0.39 is 32.0 Å². The Labute approximate surface area is 129 Å². The van der Waals surface area contributed by atoms with Gasteiger partial charge in [-0.1, -0.05) is 42.8 Å². The maximum Gasteiger partial charge on any atom is 0.501 e. The molecule has 0 spiro atoms. The highest BCUT2D eigenvalue weighted by molar-refractivity contribution is 9.09. The minimum absolute atomic E-state index is 0.0342. The van der Waals surface area contributed by atoms with Gasteiger partial charge in [-0.2, -0.15) is 13.2 Å². The smallest absolute Gasteiger partial charge is 0.214 e. The molecule has 0 aromatic heterocycles. The lowest BCUT2D eigenvalue weighted by molar-refractivity contribution is -0.0436. The zero-order chi connectivity index (χ0) is 16.6. The van der Waals surface area contributed by atoms with Gasteiger partial charge in [-0.15, -0.1) is 0 Å². The molecule has 2 atom stereocenters. The van der Waals surface area contributed by atoms with Crippen LogP contribution in [0, 0.1) is 11.7 Å². The van der Waals surface area contributed by atoms with Crippen LogP contribution in [0.5, 0.6) is 0 Å². The molecule has 0 aliphatic rings. The number of alkyl halides is 4. The third-order valence-corrected chi connectivity index (χ3v) is 5.25. The van der Waals surface area contributed by atoms with Crippen molar-refractivity contribution in [3.63, 3.8) is 0 Å². The monoisotopic (exact) mass is 390 g/mol. The van der Waals surface area contributed by atoms with E-state index >= 15 is 0 Å². The van der Waals surface area contributed by atoms with Gasteiger partial charge in [0.25, 0.3) is 9.84 Å². The Morgan fingerprint density at radius 2 is 1.67 bits per heavy atom. The fourth-order valence-electron chi connectivity index (χ4n) is 2.28. The first-order valence-corrected chi connectivity index (χ1v) is 8.54. The summed E-state index contributed by atoms with van der Waals surface area (Å²) in [5.41, 5.74) is -5.50. The highest BCUT2D eigenvalue weighted by atomic mass is 79.9. The second kappa shape index (κ2) is 6.24. The molecule has 1 rings (SSSR count). The summed E-state index contributed by atoms with van der Waals surface area (Å²) in [5, 5.41) is 0. The molecule has 0 fully saturated rings. The molecule has 0 amide bonds. The quantitative estimate of drug-likeness (QED) is 0.554. The van der Waals surface area contributed by atoms with E-state index in [1.54, 1.807) is 20.8 Å². The van der Waals surface area contributed by atoms with E-state index in [0.29, 0.717) is 6.07 Å². The Hall–Kier alpha value is -0.630. The number of rotatable bonds is 4. The van der Waals surface area contributed by atoms with Gasteiger partial charge in [-0.25, -0.2) is 12.8 Å². The van der Waals surface area contributed by atoms with Gasteiger partial charge in [-0.05, 0) is 29.5 Å². The fourth-order valence-corrected chi connectivity index (χ4v) is 4.20. The molecule has 8 heteroatoms. The maximum atomic E-state index is 13.3. The SMILES string of the molecule is CC(C)C(c1ccc(F)cc1S(=O)(=O)C(F)(F)F)C(C)Br. The number of hydrogen-bond donors (Lipinski definition) is 0. The van der Waals surface area contributed by atoms with E-state index in [-0.39, 0.29) is 16.3 Å². The number of halogens is 5. The van der Waals surface area contributed by atoms with Gasteiger partial charge in [0.1, 0.15) is 5.82 Å². The summed E-state index contributed by atoms with van der Waals surface area (Å²) in [6.45, 7) is 5.23. The Morgan fingerprint density at radius 1 is 1.14 bits per heavy atom. The topological polar surface area (TPSA) is 34.1 Å². The second-order valence-corrected chi connectivity index (χ2v) is 8.43. The molecular weight excluding hydrogens is 376 g/mol. The molecule has 1 aromatic rings. The molecule has 0 saturated heterocycles. The lowest BCUT2D eigenvalue weighted by atomic mass is 9.86. The van der Waals surface area contributed by atoms with Crippen LogP contribution in [-0.2, 0) is 9.84 Å². The predicted molar refractivity (Wildman–Crippen MR) is 75.6 cm³/mol. The van der Waals surface area contributed by atoms with Crippen LogP contribution in [-0.4, -0.2) is 18.8 Å². The van der Waals surface area contributed by atoms with Crippen molar-refractivity contribution < 1.29 is 26.0 Å². The van der Waals surface area contributed by atoms with Gasteiger partial charge in [0.05, 0.1) is 4.90 Å². The first-order chi connectivity index (χ1) is 9.39. The van der Waals surface area contributed by atoms with Gasteiger partial charge in [0.15, 0.2) is 0 Å². The van der Waals surface area contributed by atoms with Crippen LogP contribution in [0.2, 0.25) is 0 Å². The molecule has 21 heavy (non-hydrogen) atoms. The van der Waals surface area contributed by atoms with Crippen LogP contribution >= 0.6 is 15.9 Å². The summed E-state index contributed by atoms with van der Waals surface area (Å²) >= 11 is 3.28. The lowest BCUT2D eigenvalue weighted by Gasteiger charge is -2.26. The molecule has 2 unspecified atom stereocenters. The molecule has 0 heterocycles. The summed E-state index contributed by atoms with van der Waals surface area (Å²) in [7, 11) is -5.60. The highest BCUT2D eigenvalue weighted by Gasteiger charge is 2.48. The standard InChI is InChI=1S/C13H15BrF4O2S/c1-7(2)12(8(3)14)10-5-4-9(15)6-11(10)21(19,20)13(16,17)18/h4-8,12H,1-3H3. The fraction of sp³-hybridized carbons (Fsp3) is 0.538. The van der Waals surface area contributed by atoms with Crippen LogP contribution < -0.4 is 0 Å². The third-order valence-electron chi connectivity index (χ3n) is 3.14. The van der Waals surface area contributed by atoms with E-state index in [2.05, 4.69) is 15.9 Å². The predicted octanol–water partition coefficient (Wildman–Crippen LogP) is 4.64. The van der Waals surface area contributed by atoms with Gasteiger partial charge < -0.3 is 0 Å². The molecule has 2 nitrogen and oxygen atoms in total. The molecule has 0 bridgehead atoms. The van der Waals surface area contributed by atoms with Gasteiger partial charge in [0.2, 0.25) is 0 Å². The summed E-state index contributed by atoms with van der Waals surface area (Å²) in [6.07, 6.45) is 0.